The smallest absolute Gasteiger partial charge is 0.319 e. The summed E-state index contributed by atoms with van der Waals surface area (Å²) in [6.07, 6.45) is 7.14. The van der Waals surface area contributed by atoms with Crippen LogP contribution in [0.1, 0.15) is 73.9 Å². The van der Waals surface area contributed by atoms with E-state index in [0.29, 0.717) is 46.2 Å². The lowest BCUT2D eigenvalue weighted by atomic mass is 9.71. The molecular weight excluding hydrogens is 923 g/mol. The number of phenols is 2. The Labute approximate surface area is 414 Å². The molecule has 6 heterocycles. The molecule has 19 heteroatoms. The zero-order valence-corrected chi connectivity index (χ0v) is 41.6. The number of piperidine rings is 2. The van der Waals surface area contributed by atoms with Crippen molar-refractivity contribution >= 4 is 50.4 Å². The fourth-order valence-electron chi connectivity index (χ4n) is 10.8. The summed E-state index contributed by atoms with van der Waals surface area (Å²) in [5, 5.41) is 43.1. The fraction of sp³-hybridized carbons (Fsp3) is 0.404. The number of aromatic hydroxyl groups is 3. The zero-order chi connectivity index (χ0) is 49.8. The molecular formula is C52H61N11O7S. The maximum atomic E-state index is 13.4. The second-order valence-corrected chi connectivity index (χ2v) is 21.7. The summed E-state index contributed by atoms with van der Waals surface area (Å²) in [6, 6.07) is 23.4. The number of nitrogens with zero attached hydrogens (tertiary/aromatic N) is 10. The molecule has 0 radical (unpaired) electrons. The molecule has 2 aromatic heterocycles. The normalized spacial score (nSPS) is 17.5. The predicted octanol–water partition coefficient (Wildman–Crippen LogP) is 7.61. The average molecular weight is 984 g/mol. The van der Waals surface area contributed by atoms with Crippen molar-refractivity contribution in [2.75, 3.05) is 85.1 Å². The molecule has 1 spiro atoms. The van der Waals surface area contributed by atoms with Crippen molar-refractivity contribution < 1.29 is 33.3 Å². The number of sulfonamides is 1. The number of carbonyl (C=O) groups is 1. The van der Waals surface area contributed by atoms with Crippen LogP contribution >= 0.6 is 0 Å². The summed E-state index contributed by atoms with van der Waals surface area (Å²) in [5.41, 5.74) is 5.72. The predicted molar refractivity (Wildman–Crippen MR) is 273 cm³/mol. The molecule has 4 N–H and O–H groups in total. The molecule has 372 valence electrons. The first-order chi connectivity index (χ1) is 34.1. The number of carbonyl (C=O) groups excluding carboxylic acids is 1. The first kappa shape index (κ1) is 47.7. The summed E-state index contributed by atoms with van der Waals surface area (Å²) in [4.78, 5) is 31.5. The number of para-hydroxylation sites is 1. The number of anilines is 6. The highest BCUT2D eigenvalue weighted by Gasteiger charge is 2.45. The maximum Gasteiger partial charge on any atom is 0.319 e. The number of aromatic nitrogens is 5. The third kappa shape index (κ3) is 9.40. The van der Waals surface area contributed by atoms with E-state index in [0.717, 1.165) is 81.4 Å². The van der Waals surface area contributed by atoms with Crippen LogP contribution in [0.25, 0.3) is 17.1 Å². The van der Waals surface area contributed by atoms with Crippen molar-refractivity contribution in [3.63, 3.8) is 0 Å². The van der Waals surface area contributed by atoms with Gasteiger partial charge in [0, 0.05) is 64.1 Å². The van der Waals surface area contributed by atoms with Crippen LogP contribution in [-0.4, -0.2) is 130 Å². The lowest BCUT2D eigenvalue weighted by Crippen LogP contribution is -2.61. The summed E-state index contributed by atoms with van der Waals surface area (Å²) in [6.45, 7) is 14.6. The van der Waals surface area contributed by atoms with E-state index in [1.165, 1.54) is 40.1 Å². The van der Waals surface area contributed by atoms with Gasteiger partial charge in [-0.05, 0) is 117 Å². The summed E-state index contributed by atoms with van der Waals surface area (Å²) >= 11 is 0. The number of rotatable bonds is 13. The van der Waals surface area contributed by atoms with Crippen LogP contribution in [0.15, 0.2) is 85.1 Å². The molecule has 3 fully saturated rings. The van der Waals surface area contributed by atoms with E-state index in [2.05, 4.69) is 58.4 Å². The lowest BCUT2D eigenvalue weighted by Gasteiger charge is -2.55. The highest BCUT2D eigenvalue weighted by molar-refractivity contribution is 7.92. The molecule has 6 aromatic rings. The third-order valence-corrected chi connectivity index (χ3v) is 15.6. The SMILES string of the molecule is CCOc1cc(N2CCC(CN3CC4(CCN(Cc5ccc(-n6c(O)nnc6-c6cc(C(C)C)c(O)cc6O)cc5)CC4)C3)CC2)ccc1Nc1ncc2c(n1)N(S(C)(=O)=O)c1ccccc1C(=O)N2C. The van der Waals surface area contributed by atoms with Gasteiger partial charge in [0.05, 0.1) is 47.2 Å². The number of hydrogen-bond donors (Lipinski definition) is 4. The van der Waals surface area contributed by atoms with Gasteiger partial charge in [-0.25, -0.2) is 22.3 Å². The second kappa shape index (κ2) is 19.0. The molecule has 3 saturated heterocycles. The Kier molecular flexibility index (Phi) is 12.8. The molecule has 18 nitrogen and oxygen atoms in total. The van der Waals surface area contributed by atoms with Crippen molar-refractivity contribution in [3.05, 3.63) is 102 Å². The molecule has 4 aromatic carbocycles. The van der Waals surface area contributed by atoms with E-state index in [9.17, 15) is 28.5 Å². The van der Waals surface area contributed by atoms with Crippen LogP contribution in [0.2, 0.25) is 0 Å². The summed E-state index contributed by atoms with van der Waals surface area (Å²) in [5.74, 6) is 1.30. The van der Waals surface area contributed by atoms with Gasteiger partial charge >= 0.3 is 6.01 Å². The number of amides is 1. The zero-order valence-electron chi connectivity index (χ0n) is 40.8. The molecule has 71 heavy (non-hydrogen) atoms. The van der Waals surface area contributed by atoms with Gasteiger partial charge in [0.2, 0.25) is 16.0 Å². The van der Waals surface area contributed by atoms with E-state index in [1.54, 1.807) is 37.4 Å². The summed E-state index contributed by atoms with van der Waals surface area (Å²) in [7, 11) is -2.32. The Hall–Kier alpha value is -6.96. The molecule has 0 unspecified atom stereocenters. The van der Waals surface area contributed by atoms with Crippen LogP contribution in [0.4, 0.5) is 34.5 Å². The highest BCUT2D eigenvalue weighted by Crippen LogP contribution is 2.44. The van der Waals surface area contributed by atoms with E-state index in [-0.39, 0.29) is 63.9 Å². The van der Waals surface area contributed by atoms with Gasteiger partial charge in [-0.2, -0.15) is 4.98 Å². The number of benzene rings is 4. The molecule has 4 aliphatic heterocycles. The maximum absolute atomic E-state index is 13.4. The topological polar surface area (TPSA) is 206 Å². The van der Waals surface area contributed by atoms with Gasteiger partial charge in [-0.1, -0.05) is 43.2 Å². The van der Waals surface area contributed by atoms with E-state index >= 15 is 0 Å². The Morgan fingerprint density at radius 1 is 0.845 bits per heavy atom. The monoisotopic (exact) mass is 983 g/mol. The minimum absolute atomic E-state index is 0.00931. The lowest BCUT2D eigenvalue weighted by molar-refractivity contribution is -0.0557. The summed E-state index contributed by atoms with van der Waals surface area (Å²) < 4.78 is 35.2. The Bertz CT molecular complexity index is 3070. The Morgan fingerprint density at radius 3 is 2.27 bits per heavy atom. The number of phenolic OH excluding ortho intramolecular Hbond substituents is 2. The molecule has 0 aliphatic carbocycles. The largest absolute Gasteiger partial charge is 0.508 e. The van der Waals surface area contributed by atoms with Crippen LogP contribution < -0.4 is 24.2 Å². The molecule has 10 rings (SSSR count). The van der Waals surface area contributed by atoms with E-state index in [1.807, 2.05) is 45.0 Å². The molecule has 0 saturated carbocycles. The minimum atomic E-state index is -3.90. The number of hydrogen-bond acceptors (Lipinski definition) is 15. The molecule has 0 bridgehead atoms. The van der Waals surface area contributed by atoms with Gasteiger partial charge in [-0.3, -0.25) is 9.69 Å². The molecule has 4 aliphatic rings. The standard InChI is InChI=1S/C52H61N11O7S/c1-6-70-46-25-37(15-16-41(46)54-50-53-28-43-48(55-50)63(71(5,68)69)42-10-8-7-9-38(42)49(66)58(43)4)61-21-17-35(18-22-61)30-60-31-52(32-60)19-23-59(24-20-52)29-34-11-13-36(14-12-34)62-47(56-57-51(62)67)40-26-39(33(2)3)44(64)27-45(40)65/h7-16,25-28,33,35,64-65H,6,17-24,29-32H2,1-5H3,(H,57,67)(H,53,54,55). The Morgan fingerprint density at radius 2 is 1.56 bits per heavy atom. The van der Waals surface area contributed by atoms with Crippen molar-refractivity contribution in [1.82, 2.24) is 34.5 Å². The second-order valence-electron chi connectivity index (χ2n) is 19.8. The van der Waals surface area contributed by atoms with Gasteiger partial charge in [0.25, 0.3) is 5.91 Å². The third-order valence-electron chi connectivity index (χ3n) is 14.6. The van der Waals surface area contributed by atoms with E-state index in [4.69, 9.17) is 4.74 Å². The number of ether oxygens (including phenoxy) is 1. The average Bonchev–Trinajstić information content (AvgIpc) is 3.68. The van der Waals surface area contributed by atoms with Crippen molar-refractivity contribution in [1.29, 1.82) is 0 Å². The van der Waals surface area contributed by atoms with Gasteiger partial charge in [-0.15, -0.1) is 5.10 Å². The first-order valence-electron chi connectivity index (χ1n) is 24.4. The molecule has 0 atom stereocenters. The van der Waals surface area contributed by atoms with Gasteiger partial charge < -0.3 is 40.1 Å². The number of nitrogens with one attached hydrogen (secondary N) is 1. The fourth-order valence-corrected chi connectivity index (χ4v) is 11.8. The first-order valence-corrected chi connectivity index (χ1v) is 26.2. The Balaban J connectivity index is 0.711. The quantitative estimate of drug-likeness (QED) is 0.0879. The number of fused-ring (bicyclic) bond motifs is 2. The highest BCUT2D eigenvalue weighted by atomic mass is 32.2. The molecule has 1 amide bonds. The number of likely N-dealkylation sites (tertiary alicyclic amines) is 2. The van der Waals surface area contributed by atoms with Gasteiger partial charge in [0.1, 0.15) is 22.9 Å². The minimum Gasteiger partial charge on any atom is -0.508 e. The van der Waals surface area contributed by atoms with Crippen LogP contribution in [0, 0.1) is 11.3 Å². The van der Waals surface area contributed by atoms with Crippen molar-refractivity contribution in [2.24, 2.45) is 11.3 Å². The van der Waals surface area contributed by atoms with E-state index < -0.39 is 10.0 Å². The van der Waals surface area contributed by atoms with Gasteiger partial charge in [0.15, 0.2) is 11.6 Å². The van der Waals surface area contributed by atoms with Crippen molar-refractivity contribution in [3.8, 4) is 40.3 Å². The van der Waals surface area contributed by atoms with Crippen molar-refractivity contribution in [2.45, 2.75) is 58.9 Å². The van der Waals surface area contributed by atoms with Crippen LogP contribution in [0.3, 0.4) is 0 Å². The van der Waals surface area contributed by atoms with Crippen LogP contribution in [0.5, 0.6) is 23.3 Å². The van der Waals surface area contributed by atoms with Crippen LogP contribution in [-0.2, 0) is 16.6 Å².